The number of nitrogens with zero attached hydrogens (tertiary/aromatic N) is 1. The van der Waals surface area contributed by atoms with Crippen LogP contribution < -0.4 is 0 Å². The van der Waals surface area contributed by atoms with Crippen molar-refractivity contribution in [2.24, 2.45) is 0 Å². The summed E-state index contributed by atoms with van der Waals surface area (Å²) in [5.41, 5.74) is 0.262. The molecule has 2 atom stereocenters. The molecule has 1 amide bonds. The molecule has 1 aromatic rings. The van der Waals surface area contributed by atoms with Crippen molar-refractivity contribution in [3.8, 4) is 0 Å². The number of aryl methyl sites for hydroxylation is 1. The molecule has 3 nitrogen and oxygen atoms in total. The quantitative estimate of drug-likeness (QED) is 0.782. The third kappa shape index (κ3) is 2.59. The molecule has 0 saturated carbocycles. The van der Waals surface area contributed by atoms with Crippen molar-refractivity contribution in [3.05, 3.63) is 34.9 Å². The van der Waals surface area contributed by atoms with E-state index in [1.807, 2.05) is 0 Å². The molecule has 2 heterocycles. The number of hydrogen-bond donors (Lipinski definition) is 0. The van der Waals surface area contributed by atoms with Gasteiger partial charge in [0.15, 0.2) is 0 Å². The summed E-state index contributed by atoms with van der Waals surface area (Å²) in [5, 5.41) is 0. The summed E-state index contributed by atoms with van der Waals surface area (Å²) in [6.07, 6.45) is -2.76. The van der Waals surface area contributed by atoms with Crippen LogP contribution in [0.1, 0.15) is 42.1 Å². The zero-order valence-corrected chi connectivity index (χ0v) is 11.6. The fraction of sp³-hybridized carbons (Fsp3) is 0.533. The first-order valence-electron chi connectivity index (χ1n) is 7.02. The summed E-state index contributed by atoms with van der Waals surface area (Å²) in [6, 6.07) is 3.74. The van der Waals surface area contributed by atoms with E-state index in [0.717, 1.165) is 31.4 Å². The van der Waals surface area contributed by atoms with Crippen LogP contribution in [0.4, 0.5) is 18.0 Å². The van der Waals surface area contributed by atoms with Gasteiger partial charge in [0.2, 0.25) is 0 Å². The van der Waals surface area contributed by atoms with Crippen LogP contribution in [0.15, 0.2) is 18.2 Å². The van der Waals surface area contributed by atoms with E-state index in [2.05, 4.69) is 0 Å². The number of ether oxygens (including phenoxy) is 1. The minimum absolute atomic E-state index is 0.144. The Morgan fingerprint density at radius 2 is 2.00 bits per heavy atom. The van der Waals surface area contributed by atoms with Gasteiger partial charge in [-0.15, -0.1) is 0 Å². The maximum Gasteiger partial charge on any atom is 0.416 e. The van der Waals surface area contributed by atoms with E-state index in [1.54, 1.807) is 17.9 Å². The van der Waals surface area contributed by atoms with Crippen molar-refractivity contribution >= 4 is 6.09 Å². The van der Waals surface area contributed by atoms with Gasteiger partial charge in [0, 0.05) is 6.54 Å². The third-order valence-electron chi connectivity index (χ3n) is 4.12. The van der Waals surface area contributed by atoms with Gasteiger partial charge >= 0.3 is 12.3 Å². The smallest absolute Gasteiger partial charge is 0.416 e. The lowest BCUT2D eigenvalue weighted by atomic mass is 9.92. The van der Waals surface area contributed by atoms with Crippen LogP contribution in [0, 0.1) is 6.92 Å². The van der Waals surface area contributed by atoms with Gasteiger partial charge in [-0.1, -0.05) is 11.6 Å². The van der Waals surface area contributed by atoms with Gasteiger partial charge < -0.3 is 9.64 Å². The maximum absolute atomic E-state index is 12.9. The second-order valence-electron chi connectivity index (χ2n) is 5.69. The molecular formula is C15H16F3NO2. The largest absolute Gasteiger partial charge is 0.439 e. The van der Waals surface area contributed by atoms with Gasteiger partial charge in [0.25, 0.3) is 0 Å². The lowest BCUT2D eigenvalue weighted by Crippen LogP contribution is -2.38. The molecule has 3 rings (SSSR count). The zero-order valence-electron chi connectivity index (χ0n) is 11.6. The molecule has 2 fully saturated rings. The molecule has 0 spiro atoms. The molecule has 114 valence electrons. The van der Waals surface area contributed by atoms with Gasteiger partial charge in [-0.25, -0.2) is 4.79 Å². The fourth-order valence-electron chi connectivity index (χ4n) is 3.18. The normalized spacial score (nSPS) is 25.7. The van der Waals surface area contributed by atoms with Crippen LogP contribution in [0.25, 0.3) is 0 Å². The highest BCUT2D eigenvalue weighted by Gasteiger charge is 2.44. The Kier molecular flexibility index (Phi) is 3.34. The van der Waals surface area contributed by atoms with E-state index in [0.29, 0.717) is 17.7 Å². The Balaban J connectivity index is 1.97. The van der Waals surface area contributed by atoms with Crippen molar-refractivity contribution in [3.63, 3.8) is 0 Å². The monoisotopic (exact) mass is 299 g/mol. The summed E-state index contributed by atoms with van der Waals surface area (Å²) in [7, 11) is 0. The average molecular weight is 299 g/mol. The number of piperidine rings is 1. The SMILES string of the molecule is Cc1cc(C2OC(=O)N3CCCCC23)cc(C(F)(F)F)c1. The van der Waals surface area contributed by atoms with Crippen molar-refractivity contribution in [1.29, 1.82) is 0 Å². The van der Waals surface area contributed by atoms with Crippen LogP contribution in [0.3, 0.4) is 0 Å². The van der Waals surface area contributed by atoms with Crippen LogP contribution in [-0.2, 0) is 10.9 Å². The average Bonchev–Trinajstić information content (AvgIpc) is 2.75. The highest BCUT2D eigenvalue weighted by atomic mass is 19.4. The van der Waals surface area contributed by atoms with E-state index in [4.69, 9.17) is 4.74 Å². The Hall–Kier alpha value is -1.72. The molecule has 0 aromatic heterocycles. The number of carbonyl (C=O) groups excluding carboxylic acids is 1. The minimum Gasteiger partial charge on any atom is -0.439 e. The second-order valence-corrected chi connectivity index (χ2v) is 5.69. The van der Waals surface area contributed by atoms with E-state index < -0.39 is 23.9 Å². The molecule has 2 saturated heterocycles. The Morgan fingerprint density at radius 1 is 1.24 bits per heavy atom. The van der Waals surface area contributed by atoms with E-state index in [9.17, 15) is 18.0 Å². The highest BCUT2D eigenvalue weighted by Crippen LogP contribution is 2.40. The van der Waals surface area contributed by atoms with E-state index in [1.165, 1.54) is 0 Å². The Labute approximate surface area is 120 Å². The van der Waals surface area contributed by atoms with Crippen LogP contribution in [-0.4, -0.2) is 23.6 Å². The molecule has 0 aliphatic carbocycles. The van der Waals surface area contributed by atoms with Gasteiger partial charge in [0.1, 0.15) is 6.10 Å². The number of carbonyl (C=O) groups is 1. The summed E-state index contributed by atoms with van der Waals surface area (Å²) in [5.74, 6) is 0. The van der Waals surface area contributed by atoms with Crippen molar-refractivity contribution in [2.75, 3.05) is 6.54 Å². The molecule has 0 radical (unpaired) electrons. The lowest BCUT2D eigenvalue weighted by Gasteiger charge is -2.29. The molecule has 0 N–H and O–H groups in total. The van der Waals surface area contributed by atoms with Crippen molar-refractivity contribution < 1.29 is 22.7 Å². The predicted octanol–water partition coefficient (Wildman–Crippen LogP) is 4.06. The number of benzene rings is 1. The molecule has 6 heteroatoms. The number of fused-ring (bicyclic) bond motifs is 1. The van der Waals surface area contributed by atoms with Crippen LogP contribution >= 0.6 is 0 Å². The zero-order chi connectivity index (χ0) is 15.2. The van der Waals surface area contributed by atoms with Crippen molar-refractivity contribution in [2.45, 2.75) is 44.5 Å². The summed E-state index contributed by atoms with van der Waals surface area (Å²) in [6.45, 7) is 2.24. The molecule has 2 unspecified atom stereocenters. The predicted molar refractivity (Wildman–Crippen MR) is 69.7 cm³/mol. The lowest BCUT2D eigenvalue weighted by molar-refractivity contribution is -0.137. The molecule has 2 aliphatic heterocycles. The number of hydrogen-bond acceptors (Lipinski definition) is 2. The van der Waals surface area contributed by atoms with E-state index in [-0.39, 0.29) is 6.04 Å². The third-order valence-corrected chi connectivity index (χ3v) is 4.12. The number of cyclic esters (lactones) is 1. The maximum atomic E-state index is 12.9. The first-order chi connectivity index (χ1) is 9.86. The van der Waals surface area contributed by atoms with Gasteiger partial charge in [-0.3, -0.25) is 0 Å². The molecule has 1 aromatic carbocycles. The Morgan fingerprint density at radius 3 is 2.71 bits per heavy atom. The highest BCUT2D eigenvalue weighted by molar-refractivity contribution is 5.71. The van der Waals surface area contributed by atoms with Gasteiger partial charge in [-0.05, 0) is 43.9 Å². The van der Waals surface area contributed by atoms with Crippen LogP contribution in [0.5, 0.6) is 0 Å². The van der Waals surface area contributed by atoms with Crippen LogP contribution in [0.2, 0.25) is 0 Å². The summed E-state index contributed by atoms with van der Waals surface area (Å²) < 4.78 is 44.1. The molecular weight excluding hydrogens is 283 g/mol. The Bertz CT molecular complexity index is 571. The standard InChI is InChI=1S/C15H16F3NO2/c1-9-6-10(8-11(7-9)15(16,17)18)13-12-4-2-3-5-19(12)14(20)21-13/h6-8,12-13H,2-5H2,1H3. The summed E-state index contributed by atoms with van der Waals surface area (Å²) in [4.78, 5) is 13.5. The van der Waals surface area contributed by atoms with Gasteiger partial charge in [-0.2, -0.15) is 13.2 Å². The first kappa shape index (κ1) is 14.2. The minimum atomic E-state index is -4.39. The number of amides is 1. The molecule has 0 bridgehead atoms. The number of alkyl halides is 3. The fourth-order valence-corrected chi connectivity index (χ4v) is 3.18. The van der Waals surface area contributed by atoms with E-state index >= 15 is 0 Å². The van der Waals surface area contributed by atoms with Gasteiger partial charge in [0.05, 0.1) is 11.6 Å². The topological polar surface area (TPSA) is 29.5 Å². The molecule has 2 aliphatic rings. The second kappa shape index (κ2) is 4.93. The first-order valence-corrected chi connectivity index (χ1v) is 7.02. The summed E-state index contributed by atoms with van der Waals surface area (Å²) >= 11 is 0. The number of rotatable bonds is 1. The van der Waals surface area contributed by atoms with Crippen molar-refractivity contribution in [1.82, 2.24) is 4.90 Å². The molecule has 21 heavy (non-hydrogen) atoms. The number of halogens is 3.